The zero-order valence-corrected chi connectivity index (χ0v) is 11.7. The van der Waals surface area contributed by atoms with E-state index in [2.05, 4.69) is 15.9 Å². The van der Waals surface area contributed by atoms with E-state index in [1.54, 1.807) is 0 Å². The van der Waals surface area contributed by atoms with E-state index in [4.69, 9.17) is 27.4 Å². The van der Waals surface area contributed by atoms with Gasteiger partial charge in [0.15, 0.2) is 0 Å². The molecule has 0 radical (unpaired) electrons. The van der Waals surface area contributed by atoms with Gasteiger partial charge in [0, 0.05) is 17.0 Å². The predicted octanol–water partition coefficient (Wildman–Crippen LogP) is 2.50. The third-order valence-electron chi connectivity index (χ3n) is 2.72. The van der Waals surface area contributed by atoms with Crippen LogP contribution in [0.2, 0.25) is 0 Å². The third kappa shape index (κ3) is 3.18. The Morgan fingerprint density at radius 1 is 1.59 bits per heavy atom. The monoisotopic (exact) mass is 315 g/mol. The first-order valence-corrected chi connectivity index (χ1v) is 6.67. The maximum absolute atomic E-state index is 5.79. The summed E-state index contributed by atoms with van der Waals surface area (Å²) >= 11 is 8.46. The van der Waals surface area contributed by atoms with Crippen molar-refractivity contribution in [3.63, 3.8) is 0 Å². The van der Waals surface area contributed by atoms with Gasteiger partial charge >= 0.3 is 0 Å². The smallest absolute Gasteiger partial charge is 0.130 e. The second-order valence-corrected chi connectivity index (χ2v) is 5.31. The van der Waals surface area contributed by atoms with Crippen LogP contribution in [0, 0.1) is 5.92 Å². The van der Waals surface area contributed by atoms with Crippen LogP contribution in [0.1, 0.15) is 12.0 Å². The second-order valence-electron chi connectivity index (χ2n) is 4.02. The van der Waals surface area contributed by atoms with E-state index in [0.717, 1.165) is 35.4 Å². The fraction of sp³-hybridized carbons (Fsp3) is 0.417. The van der Waals surface area contributed by atoms with Gasteiger partial charge in [0.2, 0.25) is 0 Å². The average molecular weight is 316 g/mol. The van der Waals surface area contributed by atoms with Gasteiger partial charge in [0.1, 0.15) is 10.7 Å². The standard InChI is InChI=1S/C12H14BrNO2S/c13-9-2-1-3-10(11(9)12(14)17)16-7-8-4-5-15-6-8/h1-3,8H,4-7H2,(H2,14,17). The lowest BCUT2D eigenvalue weighted by Gasteiger charge is -2.14. The van der Waals surface area contributed by atoms with E-state index in [-0.39, 0.29) is 0 Å². The van der Waals surface area contributed by atoms with Crippen molar-refractivity contribution in [2.45, 2.75) is 6.42 Å². The van der Waals surface area contributed by atoms with Crippen LogP contribution in [0.25, 0.3) is 0 Å². The lowest BCUT2D eigenvalue weighted by molar-refractivity contribution is 0.167. The highest BCUT2D eigenvalue weighted by Gasteiger charge is 2.18. The summed E-state index contributed by atoms with van der Waals surface area (Å²) in [6.07, 6.45) is 1.05. The molecule has 1 aromatic carbocycles. The SMILES string of the molecule is NC(=S)c1c(Br)cccc1OCC1CCOC1. The van der Waals surface area contributed by atoms with E-state index >= 15 is 0 Å². The van der Waals surface area contributed by atoms with E-state index in [1.807, 2.05) is 18.2 Å². The number of ether oxygens (including phenoxy) is 2. The zero-order valence-electron chi connectivity index (χ0n) is 9.32. The van der Waals surface area contributed by atoms with Crippen LogP contribution < -0.4 is 10.5 Å². The summed E-state index contributed by atoms with van der Waals surface area (Å²) in [7, 11) is 0. The Morgan fingerprint density at radius 2 is 2.41 bits per heavy atom. The molecule has 1 unspecified atom stereocenters. The molecule has 0 aliphatic carbocycles. The van der Waals surface area contributed by atoms with Crippen LogP contribution in [0.15, 0.2) is 22.7 Å². The number of hydrogen-bond donors (Lipinski definition) is 1. The van der Waals surface area contributed by atoms with Crippen LogP contribution in [-0.2, 0) is 4.74 Å². The molecule has 17 heavy (non-hydrogen) atoms. The highest BCUT2D eigenvalue weighted by molar-refractivity contribution is 9.10. The Hall–Kier alpha value is -0.650. The summed E-state index contributed by atoms with van der Waals surface area (Å²) in [6.45, 7) is 2.25. The fourth-order valence-electron chi connectivity index (χ4n) is 1.79. The van der Waals surface area contributed by atoms with Crippen molar-refractivity contribution in [1.82, 2.24) is 0 Å². The molecule has 1 saturated heterocycles. The van der Waals surface area contributed by atoms with E-state index in [1.165, 1.54) is 0 Å². The summed E-state index contributed by atoms with van der Waals surface area (Å²) in [6, 6.07) is 5.70. The third-order valence-corrected chi connectivity index (χ3v) is 3.59. The Labute approximate surface area is 114 Å². The number of rotatable bonds is 4. The van der Waals surface area contributed by atoms with Gasteiger partial charge in [-0.1, -0.05) is 18.3 Å². The maximum Gasteiger partial charge on any atom is 0.130 e. The van der Waals surface area contributed by atoms with Gasteiger partial charge in [-0.25, -0.2) is 0 Å². The van der Waals surface area contributed by atoms with Crippen LogP contribution in [0.3, 0.4) is 0 Å². The lowest BCUT2D eigenvalue weighted by Crippen LogP contribution is -2.16. The summed E-state index contributed by atoms with van der Waals surface area (Å²) in [4.78, 5) is 0.343. The summed E-state index contributed by atoms with van der Waals surface area (Å²) in [5.74, 6) is 1.20. The molecule has 2 rings (SSSR count). The van der Waals surface area contributed by atoms with Crippen LogP contribution in [0.4, 0.5) is 0 Å². The average Bonchev–Trinajstić information content (AvgIpc) is 2.78. The molecule has 0 amide bonds. The van der Waals surface area contributed by atoms with Gasteiger partial charge in [-0.3, -0.25) is 0 Å². The minimum absolute atomic E-state index is 0.343. The molecule has 3 nitrogen and oxygen atoms in total. The van der Waals surface area contributed by atoms with E-state index in [9.17, 15) is 0 Å². The van der Waals surface area contributed by atoms with Gasteiger partial charge in [-0.05, 0) is 34.5 Å². The molecule has 1 fully saturated rings. The van der Waals surface area contributed by atoms with Crippen LogP contribution in [-0.4, -0.2) is 24.8 Å². The maximum atomic E-state index is 5.79. The molecule has 1 aliphatic heterocycles. The van der Waals surface area contributed by atoms with Gasteiger partial charge in [-0.15, -0.1) is 0 Å². The molecule has 1 heterocycles. The Balaban J connectivity index is 2.09. The van der Waals surface area contributed by atoms with Crippen molar-refractivity contribution < 1.29 is 9.47 Å². The zero-order chi connectivity index (χ0) is 12.3. The van der Waals surface area contributed by atoms with Gasteiger partial charge in [-0.2, -0.15) is 0 Å². The van der Waals surface area contributed by atoms with Crippen molar-refractivity contribution in [2.75, 3.05) is 19.8 Å². The molecular weight excluding hydrogens is 302 g/mol. The van der Waals surface area contributed by atoms with Crippen molar-refractivity contribution in [3.05, 3.63) is 28.2 Å². The molecule has 1 aliphatic rings. The highest BCUT2D eigenvalue weighted by atomic mass is 79.9. The van der Waals surface area contributed by atoms with E-state index < -0.39 is 0 Å². The van der Waals surface area contributed by atoms with E-state index in [0.29, 0.717) is 17.5 Å². The predicted molar refractivity (Wildman–Crippen MR) is 74.5 cm³/mol. The normalized spacial score (nSPS) is 19.2. The molecule has 0 spiro atoms. The van der Waals surface area contributed by atoms with Crippen molar-refractivity contribution in [2.24, 2.45) is 11.7 Å². The number of thiocarbonyl (C=S) groups is 1. The minimum atomic E-state index is 0.343. The largest absolute Gasteiger partial charge is 0.492 e. The quantitative estimate of drug-likeness (QED) is 0.867. The molecule has 1 aromatic rings. The molecule has 0 saturated carbocycles. The molecular formula is C12H14BrNO2S. The van der Waals surface area contributed by atoms with Crippen molar-refractivity contribution >= 4 is 33.1 Å². The first-order valence-electron chi connectivity index (χ1n) is 5.47. The Morgan fingerprint density at radius 3 is 3.06 bits per heavy atom. The summed E-state index contributed by atoms with van der Waals surface area (Å²) < 4.78 is 12.0. The minimum Gasteiger partial charge on any atom is -0.492 e. The Bertz CT molecular complexity index is 419. The molecule has 5 heteroatoms. The Kier molecular flexibility index (Phi) is 4.36. The molecule has 2 N–H and O–H groups in total. The molecule has 0 aromatic heterocycles. The topological polar surface area (TPSA) is 44.5 Å². The first-order chi connectivity index (χ1) is 8.18. The fourth-order valence-corrected chi connectivity index (χ4v) is 2.69. The first kappa shape index (κ1) is 12.8. The van der Waals surface area contributed by atoms with Crippen molar-refractivity contribution in [3.8, 4) is 5.75 Å². The lowest BCUT2D eigenvalue weighted by atomic mass is 10.1. The summed E-state index contributed by atoms with van der Waals surface area (Å²) in [5.41, 5.74) is 6.46. The number of benzene rings is 1. The number of nitrogens with two attached hydrogens (primary N) is 1. The number of hydrogen-bond acceptors (Lipinski definition) is 3. The molecule has 0 bridgehead atoms. The highest BCUT2D eigenvalue weighted by Crippen LogP contribution is 2.27. The van der Waals surface area contributed by atoms with Gasteiger partial charge < -0.3 is 15.2 Å². The molecule has 1 atom stereocenters. The van der Waals surface area contributed by atoms with Gasteiger partial charge in [0.05, 0.1) is 18.8 Å². The van der Waals surface area contributed by atoms with Gasteiger partial charge in [0.25, 0.3) is 0 Å². The van der Waals surface area contributed by atoms with Crippen molar-refractivity contribution in [1.29, 1.82) is 0 Å². The van der Waals surface area contributed by atoms with Crippen LogP contribution in [0.5, 0.6) is 5.75 Å². The molecule has 92 valence electrons. The number of halogens is 1. The summed E-state index contributed by atoms with van der Waals surface area (Å²) in [5, 5.41) is 0. The second kappa shape index (κ2) is 5.80. The van der Waals surface area contributed by atoms with Crippen LogP contribution >= 0.6 is 28.1 Å².